The van der Waals surface area contributed by atoms with Crippen LogP contribution in [0.4, 0.5) is 0 Å². The maximum Gasteiger partial charge on any atom is 0.157 e. The number of aromatic hydroxyl groups is 2. The molecule has 3 N–H and O–H groups in total. The van der Waals surface area contributed by atoms with Gasteiger partial charge in [0.05, 0.1) is 0 Å². The summed E-state index contributed by atoms with van der Waals surface area (Å²) in [6, 6.07) is 6.21. The van der Waals surface area contributed by atoms with Gasteiger partial charge in [-0.2, -0.15) is 0 Å². The van der Waals surface area contributed by atoms with Gasteiger partial charge in [0.1, 0.15) is 0 Å². The van der Waals surface area contributed by atoms with Crippen molar-refractivity contribution in [2.45, 2.75) is 38.3 Å². The molecule has 3 nitrogen and oxygen atoms in total. The van der Waals surface area contributed by atoms with Crippen LogP contribution in [0.25, 0.3) is 0 Å². The zero-order valence-electron chi connectivity index (χ0n) is 11.7. The Hall–Kier alpha value is -1.04. The third-order valence-corrected chi connectivity index (χ3v) is 5.59. The lowest BCUT2D eigenvalue weighted by Gasteiger charge is -2.38. The number of nitrogens with one attached hydrogen (secondary N) is 1. The van der Waals surface area contributed by atoms with E-state index in [9.17, 15) is 10.2 Å². The third kappa shape index (κ3) is 2.28. The Kier molecular flexibility index (Phi) is 3.76. The van der Waals surface area contributed by atoms with Crippen molar-refractivity contribution in [2.24, 2.45) is 0 Å². The predicted molar refractivity (Wildman–Crippen MR) is 89.9 cm³/mol. The first-order valence-corrected chi connectivity index (χ1v) is 7.82. The van der Waals surface area contributed by atoms with Gasteiger partial charge in [-0.25, -0.2) is 0 Å². The molecular formula is C16H18BrNO2S. The van der Waals surface area contributed by atoms with Crippen LogP contribution in [0.15, 0.2) is 18.2 Å². The maximum absolute atomic E-state index is 9.85. The fourth-order valence-electron chi connectivity index (χ4n) is 3.65. The van der Waals surface area contributed by atoms with Gasteiger partial charge in [-0.1, -0.05) is 0 Å². The molecule has 0 saturated carbocycles. The van der Waals surface area contributed by atoms with Crippen LogP contribution in [0.1, 0.15) is 38.8 Å². The second-order valence-electron chi connectivity index (χ2n) is 5.78. The van der Waals surface area contributed by atoms with Crippen molar-refractivity contribution in [1.29, 1.82) is 0 Å². The molecule has 5 heteroatoms. The Bertz CT molecular complexity index is 698. The molecule has 1 aliphatic carbocycles. The lowest BCUT2D eigenvalue weighted by Crippen LogP contribution is -2.41. The van der Waals surface area contributed by atoms with E-state index in [1.165, 1.54) is 26.4 Å². The number of hydrogen-bond acceptors (Lipinski definition) is 4. The van der Waals surface area contributed by atoms with E-state index in [2.05, 4.69) is 18.3 Å². The Labute approximate surface area is 138 Å². The predicted octanol–water partition coefficient (Wildman–Crippen LogP) is 3.60. The monoisotopic (exact) mass is 367 g/mol. The smallest absolute Gasteiger partial charge is 0.157 e. The average molecular weight is 368 g/mol. The van der Waals surface area contributed by atoms with E-state index < -0.39 is 0 Å². The molecule has 2 heterocycles. The lowest BCUT2D eigenvalue weighted by atomic mass is 9.74. The number of thiophene rings is 1. The van der Waals surface area contributed by atoms with E-state index in [0.717, 1.165) is 19.4 Å². The average Bonchev–Trinajstić information content (AvgIpc) is 2.80. The standard InChI is InChI=1S/C16H17NO2S.BrH/c1-8-4-11-15(20-8)7-17-12-3-2-9-5-13(18)14(19)6-10(9)16(11)12;/h4-6,12,16-19H,2-3,7H2,1H3;1H/t12-,16+;/m1./s1. The van der Waals surface area contributed by atoms with Gasteiger partial charge in [0.2, 0.25) is 0 Å². The summed E-state index contributed by atoms with van der Waals surface area (Å²) in [5, 5.41) is 23.2. The molecule has 0 unspecified atom stereocenters. The van der Waals surface area contributed by atoms with Gasteiger partial charge in [-0.15, -0.1) is 28.3 Å². The van der Waals surface area contributed by atoms with Gasteiger partial charge in [-0.05, 0) is 54.7 Å². The van der Waals surface area contributed by atoms with Gasteiger partial charge in [0.15, 0.2) is 11.5 Å². The van der Waals surface area contributed by atoms with Crippen molar-refractivity contribution in [2.75, 3.05) is 0 Å². The van der Waals surface area contributed by atoms with Crippen LogP contribution in [-0.4, -0.2) is 16.3 Å². The number of rotatable bonds is 0. The summed E-state index contributed by atoms with van der Waals surface area (Å²) in [6.07, 6.45) is 2.03. The fourth-order valence-corrected chi connectivity index (χ4v) is 4.68. The maximum atomic E-state index is 9.85. The highest BCUT2D eigenvalue weighted by molar-refractivity contribution is 8.93. The lowest BCUT2D eigenvalue weighted by molar-refractivity contribution is 0.382. The summed E-state index contributed by atoms with van der Waals surface area (Å²) in [5.41, 5.74) is 3.74. The van der Waals surface area contributed by atoms with Crippen molar-refractivity contribution in [3.05, 3.63) is 44.6 Å². The van der Waals surface area contributed by atoms with E-state index in [1.54, 1.807) is 12.1 Å². The molecule has 21 heavy (non-hydrogen) atoms. The topological polar surface area (TPSA) is 52.5 Å². The van der Waals surface area contributed by atoms with E-state index in [0.29, 0.717) is 12.0 Å². The number of halogens is 1. The summed E-state index contributed by atoms with van der Waals surface area (Å²) in [7, 11) is 0. The number of hydrogen-bond donors (Lipinski definition) is 3. The molecule has 2 aromatic rings. The molecule has 2 aliphatic rings. The van der Waals surface area contributed by atoms with Crippen LogP contribution < -0.4 is 5.32 Å². The number of benzene rings is 1. The van der Waals surface area contributed by atoms with Crippen molar-refractivity contribution in [3.8, 4) is 11.5 Å². The summed E-state index contributed by atoms with van der Waals surface area (Å²) in [5.74, 6) is 0.287. The van der Waals surface area contributed by atoms with Crippen LogP contribution in [0.2, 0.25) is 0 Å². The first kappa shape index (κ1) is 14.9. The number of fused-ring (bicyclic) bond motifs is 5. The van der Waals surface area contributed by atoms with Crippen molar-refractivity contribution < 1.29 is 10.2 Å². The molecule has 0 radical (unpaired) electrons. The van der Waals surface area contributed by atoms with Crippen LogP contribution in [-0.2, 0) is 13.0 Å². The molecule has 0 amide bonds. The molecule has 2 atom stereocenters. The molecule has 0 spiro atoms. The van der Waals surface area contributed by atoms with Gasteiger partial charge in [0.25, 0.3) is 0 Å². The van der Waals surface area contributed by atoms with Crippen molar-refractivity contribution >= 4 is 28.3 Å². The highest BCUT2D eigenvalue weighted by atomic mass is 79.9. The van der Waals surface area contributed by atoms with E-state index in [4.69, 9.17) is 0 Å². The van der Waals surface area contributed by atoms with Crippen LogP contribution >= 0.6 is 28.3 Å². The van der Waals surface area contributed by atoms with Crippen molar-refractivity contribution in [3.63, 3.8) is 0 Å². The normalized spacial score (nSPS) is 22.7. The SMILES string of the molecule is Br.Cc1cc2c(s1)CN[C@@H]1CCc3cc(O)c(O)cc3[C@@H]21. The minimum Gasteiger partial charge on any atom is -0.504 e. The number of phenols is 2. The first-order valence-electron chi connectivity index (χ1n) is 7.01. The van der Waals surface area contributed by atoms with E-state index in [1.807, 2.05) is 11.3 Å². The highest BCUT2D eigenvalue weighted by Crippen LogP contribution is 2.45. The first-order chi connectivity index (χ1) is 9.63. The molecule has 112 valence electrons. The minimum atomic E-state index is -0.0107. The molecule has 0 fully saturated rings. The molecular weight excluding hydrogens is 350 g/mol. The Morgan fingerprint density at radius 2 is 1.90 bits per heavy atom. The van der Waals surface area contributed by atoms with Gasteiger partial charge >= 0.3 is 0 Å². The van der Waals surface area contributed by atoms with Gasteiger partial charge < -0.3 is 15.5 Å². The largest absolute Gasteiger partial charge is 0.504 e. The van der Waals surface area contributed by atoms with Crippen molar-refractivity contribution in [1.82, 2.24) is 5.32 Å². The van der Waals surface area contributed by atoms with Gasteiger partial charge in [0, 0.05) is 28.3 Å². The highest BCUT2D eigenvalue weighted by Gasteiger charge is 2.36. The van der Waals surface area contributed by atoms with Crippen LogP contribution in [0.3, 0.4) is 0 Å². The minimum absolute atomic E-state index is 0. The Morgan fingerprint density at radius 1 is 1.14 bits per heavy atom. The molecule has 1 aliphatic heterocycles. The van der Waals surface area contributed by atoms with E-state index >= 15 is 0 Å². The zero-order valence-corrected chi connectivity index (χ0v) is 14.2. The number of aryl methyl sites for hydroxylation is 2. The van der Waals surface area contributed by atoms with E-state index in [-0.39, 0.29) is 28.5 Å². The quantitative estimate of drug-likeness (QED) is 0.623. The zero-order chi connectivity index (χ0) is 13.9. The second kappa shape index (κ2) is 5.30. The van der Waals surface area contributed by atoms with Crippen LogP contribution in [0, 0.1) is 6.92 Å². The second-order valence-corrected chi connectivity index (χ2v) is 7.12. The molecule has 1 aromatic heterocycles. The molecule has 0 bridgehead atoms. The molecule has 1 aromatic carbocycles. The summed E-state index contributed by atoms with van der Waals surface area (Å²) >= 11 is 1.85. The Morgan fingerprint density at radius 3 is 2.71 bits per heavy atom. The Balaban J connectivity index is 0.00000132. The third-order valence-electron chi connectivity index (χ3n) is 4.52. The summed E-state index contributed by atoms with van der Waals surface area (Å²) in [4.78, 5) is 2.75. The molecule has 4 rings (SSSR count). The van der Waals surface area contributed by atoms with Gasteiger partial charge in [-0.3, -0.25) is 0 Å². The summed E-state index contributed by atoms with van der Waals surface area (Å²) in [6.45, 7) is 3.10. The van der Waals surface area contributed by atoms with Crippen LogP contribution in [0.5, 0.6) is 11.5 Å². The fraction of sp³-hybridized carbons (Fsp3) is 0.375. The number of phenolic OH excluding ortho intramolecular Hbond substituents is 2. The molecule has 0 saturated heterocycles. The summed E-state index contributed by atoms with van der Waals surface area (Å²) < 4.78 is 0.